The van der Waals surface area contributed by atoms with Gasteiger partial charge in [-0.1, -0.05) is 26.7 Å². The molecule has 1 saturated carbocycles. The van der Waals surface area contributed by atoms with Crippen molar-refractivity contribution in [3.63, 3.8) is 0 Å². The normalized spacial score (nSPS) is 21.9. The largest absolute Gasteiger partial charge is 0.395 e. The Morgan fingerprint density at radius 3 is 2.31 bits per heavy atom. The molecule has 2 atom stereocenters. The van der Waals surface area contributed by atoms with Gasteiger partial charge in [-0.15, -0.1) is 0 Å². The summed E-state index contributed by atoms with van der Waals surface area (Å²) in [5.41, 5.74) is 6.20. The average Bonchev–Trinajstić information content (AvgIpc) is 2.69. The van der Waals surface area contributed by atoms with E-state index in [1.807, 2.05) is 0 Å². The highest BCUT2D eigenvalue weighted by Crippen LogP contribution is 2.25. The maximum absolute atomic E-state index is 9.52. The molecule has 0 bridgehead atoms. The van der Waals surface area contributed by atoms with Crippen molar-refractivity contribution < 1.29 is 5.11 Å². The Hall–Kier alpha value is -0.120. The zero-order valence-electron chi connectivity index (χ0n) is 11.0. The van der Waals surface area contributed by atoms with Crippen LogP contribution in [0, 0.1) is 5.92 Å². The first-order chi connectivity index (χ1) is 7.56. The standard InChI is InChI=1S/C13H28N2O/c1-10(2)8-12(14)13(9-16)15(3)11-6-4-5-7-11/h10-13,16H,4-9,14H2,1-3H3. The summed E-state index contributed by atoms with van der Waals surface area (Å²) in [4.78, 5) is 2.32. The van der Waals surface area contributed by atoms with Crippen molar-refractivity contribution in [2.75, 3.05) is 13.7 Å². The van der Waals surface area contributed by atoms with Crippen LogP contribution in [0.5, 0.6) is 0 Å². The van der Waals surface area contributed by atoms with Crippen molar-refractivity contribution in [1.82, 2.24) is 4.90 Å². The summed E-state index contributed by atoms with van der Waals surface area (Å²) in [6.45, 7) is 4.55. The molecule has 16 heavy (non-hydrogen) atoms. The van der Waals surface area contributed by atoms with Gasteiger partial charge in [0.1, 0.15) is 0 Å². The second kappa shape index (κ2) is 6.58. The highest BCUT2D eigenvalue weighted by Gasteiger charge is 2.29. The number of nitrogens with zero attached hydrogens (tertiary/aromatic N) is 1. The van der Waals surface area contributed by atoms with Crippen LogP contribution in [0.15, 0.2) is 0 Å². The second-order valence-electron chi connectivity index (χ2n) is 5.65. The molecule has 0 saturated heterocycles. The molecule has 3 N–H and O–H groups in total. The van der Waals surface area contributed by atoms with Gasteiger partial charge >= 0.3 is 0 Å². The van der Waals surface area contributed by atoms with Crippen LogP contribution in [0.1, 0.15) is 46.0 Å². The predicted octanol–water partition coefficient (Wildman–Crippen LogP) is 1.60. The van der Waals surface area contributed by atoms with E-state index in [1.54, 1.807) is 0 Å². The van der Waals surface area contributed by atoms with Gasteiger partial charge in [0.2, 0.25) is 0 Å². The van der Waals surface area contributed by atoms with E-state index in [9.17, 15) is 5.11 Å². The van der Waals surface area contributed by atoms with Crippen molar-refractivity contribution in [1.29, 1.82) is 0 Å². The second-order valence-corrected chi connectivity index (χ2v) is 5.65. The average molecular weight is 228 g/mol. The lowest BCUT2D eigenvalue weighted by Crippen LogP contribution is -2.52. The highest BCUT2D eigenvalue weighted by molar-refractivity contribution is 4.86. The monoisotopic (exact) mass is 228 g/mol. The van der Waals surface area contributed by atoms with Gasteiger partial charge in [-0.3, -0.25) is 4.90 Å². The third-order valence-electron chi connectivity index (χ3n) is 3.85. The van der Waals surface area contributed by atoms with Gasteiger partial charge in [0.05, 0.1) is 6.61 Å². The first-order valence-corrected chi connectivity index (χ1v) is 6.64. The minimum atomic E-state index is 0.0931. The molecule has 0 radical (unpaired) electrons. The Labute approximate surface area is 100 Å². The Morgan fingerprint density at radius 1 is 1.31 bits per heavy atom. The number of rotatable bonds is 6. The molecule has 0 spiro atoms. The fraction of sp³-hybridized carbons (Fsp3) is 1.00. The Kier molecular flexibility index (Phi) is 5.73. The highest BCUT2D eigenvalue weighted by atomic mass is 16.3. The summed E-state index contributed by atoms with van der Waals surface area (Å²) >= 11 is 0. The van der Waals surface area contributed by atoms with Crippen LogP contribution in [0.4, 0.5) is 0 Å². The third-order valence-corrected chi connectivity index (χ3v) is 3.85. The van der Waals surface area contributed by atoms with Gasteiger partial charge < -0.3 is 10.8 Å². The van der Waals surface area contributed by atoms with E-state index >= 15 is 0 Å². The summed E-state index contributed by atoms with van der Waals surface area (Å²) in [7, 11) is 2.12. The Morgan fingerprint density at radius 2 is 1.88 bits per heavy atom. The smallest absolute Gasteiger partial charge is 0.0601 e. The van der Waals surface area contributed by atoms with Crippen molar-refractivity contribution in [2.24, 2.45) is 11.7 Å². The van der Waals surface area contributed by atoms with Gasteiger partial charge in [0.25, 0.3) is 0 Å². The molecule has 2 unspecified atom stereocenters. The van der Waals surface area contributed by atoms with E-state index in [0.717, 1.165) is 6.42 Å². The molecule has 0 aromatic carbocycles. The van der Waals surface area contributed by atoms with E-state index in [4.69, 9.17) is 5.73 Å². The van der Waals surface area contributed by atoms with Gasteiger partial charge in [-0.25, -0.2) is 0 Å². The molecular formula is C13H28N2O. The lowest BCUT2D eigenvalue weighted by molar-refractivity contribution is 0.0871. The van der Waals surface area contributed by atoms with Crippen LogP contribution in [0.25, 0.3) is 0 Å². The molecular weight excluding hydrogens is 200 g/mol. The summed E-state index contributed by atoms with van der Waals surface area (Å²) in [5, 5.41) is 9.52. The summed E-state index contributed by atoms with van der Waals surface area (Å²) in [5.74, 6) is 0.598. The molecule has 3 nitrogen and oxygen atoms in total. The van der Waals surface area contributed by atoms with Crippen LogP contribution in [0.3, 0.4) is 0 Å². The van der Waals surface area contributed by atoms with Crippen LogP contribution >= 0.6 is 0 Å². The van der Waals surface area contributed by atoms with Crippen molar-refractivity contribution in [3.8, 4) is 0 Å². The third kappa shape index (κ3) is 3.72. The zero-order chi connectivity index (χ0) is 12.1. The number of nitrogens with two attached hydrogens (primary N) is 1. The van der Waals surface area contributed by atoms with Gasteiger partial charge in [0, 0.05) is 18.1 Å². The number of aliphatic hydroxyl groups is 1. The van der Waals surface area contributed by atoms with Gasteiger partial charge in [-0.2, -0.15) is 0 Å². The van der Waals surface area contributed by atoms with Gasteiger partial charge in [-0.05, 0) is 32.2 Å². The molecule has 0 heterocycles. The van der Waals surface area contributed by atoms with Crippen LogP contribution in [-0.2, 0) is 0 Å². The minimum Gasteiger partial charge on any atom is -0.395 e. The van der Waals surface area contributed by atoms with E-state index in [1.165, 1.54) is 25.7 Å². The molecule has 0 aliphatic heterocycles. The number of hydrogen-bond donors (Lipinski definition) is 2. The maximum atomic E-state index is 9.52. The molecule has 0 aromatic rings. The SMILES string of the molecule is CC(C)CC(N)C(CO)N(C)C1CCCC1. The van der Waals surface area contributed by atoms with E-state index in [0.29, 0.717) is 12.0 Å². The van der Waals surface area contributed by atoms with Crippen LogP contribution in [0.2, 0.25) is 0 Å². The van der Waals surface area contributed by atoms with E-state index in [-0.39, 0.29) is 18.7 Å². The molecule has 0 aromatic heterocycles. The molecule has 1 aliphatic carbocycles. The van der Waals surface area contributed by atoms with Crippen molar-refractivity contribution in [3.05, 3.63) is 0 Å². The van der Waals surface area contributed by atoms with Crippen molar-refractivity contribution >= 4 is 0 Å². The maximum Gasteiger partial charge on any atom is 0.0601 e. The Bertz CT molecular complexity index is 190. The summed E-state index contributed by atoms with van der Waals surface area (Å²) in [6.07, 6.45) is 6.17. The lowest BCUT2D eigenvalue weighted by atomic mass is 9.96. The van der Waals surface area contributed by atoms with Crippen molar-refractivity contribution in [2.45, 2.75) is 64.1 Å². The van der Waals surface area contributed by atoms with Crippen LogP contribution in [-0.4, -0.2) is 41.8 Å². The number of likely N-dealkylation sites (N-methyl/N-ethyl adjacent to an activating group) is 1. The summed E-state index contributed by atoms with van der Waals surface area (Å²) in [6, 6.07) is 0.858. The topological polar surface area (TPSA) is 49.5 Å². The van der Waals surface area contributed by atoms with Crippen LogP contribution < -0.4 is 5.73 Å². The van der Waals surface area contributed by atoms with E-state index < -0.39 is 0 Å². The summed E-state index contributed by atoms with van der Waals surface area (Å²) < 4.78 is 0. The lowest BCUT2D eigenvalue weighted by Gasteiger charge is -2.36. The molecule has 1 aliphatic rings. The molecule has 1 rings (SSSR count). The molecule has 0 amide bonds. The number of hydrogen-bond acceptors (Lipinski definition) is 3. The zero-order valence-corrected chi connectivity index (χ0v) is 11.0. The first kappa shape index (κ1) is 13.9. The molecule has 1 fully saturated rings. The fourth-order valence-electron chi connectivity index (χ4n) is 2.85. The fourth-order valence-corrected chi connectivity index (χ4v) is 2.85. The minimum absolute atomic E-state index is 0.0931. The quantitative estimate of drug-likeness (QED) is 0.726. The molecule has 96 valence electrons. The van der Waals surface area contributed by atoms with E-state index in [2.05, 4.69) is 25.8 Å². The van der Waals surface area contributed by atoms with Gasteiger partial charge in [0.15, 0.2) is 0 Å². The Balaban J connectivity index is 2.50. The first-order valence-electron chi connectivity index (χ1n) is 6.64. The number of aliphatic hydroxyl groups excluding tert-OH is 1. The molecule has 3 heteroatoms. The predicted molar refractivity (Wildman–Crippen MR) is 68.3 cm³/mol.